The Bertz CT molecular complexity index is 1110. The molecule has 0 spiro atoms. The number of halogens is 2. The zero-order chi connectivity index (χ0) is 28.3. The van der Waals surface area contributed by atoms with Crippen LogP contribution < -0.4 is 9.64 Å². The van der Waals surface area contributed by atoms with Crippen LogP contribution in [0.2, 0.25) is 0 Å². The van der Waals surface area contributed by atoms with E-state index >= 15 is 0 Å². The molecule has 0 aromatic carbocycles. The third-order valence-electron chi connectivity index (χ3n) is 7.56. The molecule has 2 bridgehead atoms. The van der Waals surface area contributed by atoms with Gasteiger partial charge in [0.1, 0.15) is 17.8 Å². The average molecular weight is 540 g/mol. The third kappa shape index (κ3) is 5.23. The summed E-state index contributed by atoms with van der Waals surface area (Å²) in [7, 11) is 4.76. The minimum Gasteiger partial charge on any atom is -0.465 e. The zero-order valence-corrected chi connectivity index (χ0v) is 23.6. The van der Waals surface area contributed by atoms with Crippen molar-refractivity contribution in [3.8, 4) is 6.01 Å². The SMILES string of the molecule is COC(=O)c1c(C)nc(OC[C@]2(CN(C)C)CC2(F)F)nc1N1C[C@H]2CC[C@@](C)(C1)N2C(=O)OC(C)(C)C. The molecule has 1 saturated carbocycles. The molecule has 12 heteroatoms. The van der Waals surface area contributed by atoms with E-state index in [2.05, 4.69) is 9.97 Å². The Morgan fingerprint density at radius 1 is 1.21 bits per heavy atom. The maximum absolute atomic E-state index is 14.3. The van der Waals surface area contributed by atoms with Crippen molar-refractivity contribution in [2.24, 2.45) is 5.41 Å². The quantitative estimate of drug-likeness (QED) is 0.482. The highest BCUT2D eigenvalue weighted by Crippen LogP contribution is 2.60. The second kappa shape index (κ2) is 9.46. The Kier molecular flexibility index (Phi) is 7.03. The monoisotopic (exact) mass is 539 g/mol. The van der Waals surface area contributed by atoms with E-state index in [1.165, 1.54) is 7.11 Å². The van der Waals surface area contributed by atoms with Gasteiger partial charge in [0.2, 0.25) is 0 Å². The Labute approximate surface area is 222 Å². The number of aromatic nitrogens is 2. The number of hydrogen-bond acceptors (Lipinski definition) is 9. The first-order valence-electron chi connectivity index (χ1n) is 12.9. The minimum absolute atomic E-state index is 0.0712. The maximum atomic E-state index is 14.3. The van der Waals surface area contributed by atoms with E-state index in [0.29, 0.717) is 24.6 Å². The van der Waals surface area contributed by atoms with E-state index in [1.807, 2.05) is 32.6 Å². The molecule has 0 N–H and O–H groups in total. The molecule has 4 rings (SSSR count). The molecule has 10 nitrogen and oxygen atoms in total. The number of alkyl halides is 2. The first-order chi connectivity index (χ1) is 17.5. The topological polar surface area (TPSA) is 97.3 Å². The molecule has 212 valence electrons. The van der Waals surface area contributed by atoms with Crippen LogP contribution in [0.1, 0.15) is 63.0 Å². The lowest BCUT2D eigenvalue weighted by atomic mass is 9.97. The molecule has 1 aromatic rings. The lowest BCUT2D eigenvalue weighted by molar-refractivity contribution is -0.00297. The van der Waals surface area contributed by atoms with Gasteiger partial charge in [-0.3, -0.25) is 4.90 Å². The number of carbonyl (C=O) groups excluding carboxylic acids is 2. The van der Waals surface area contributed by atoms with E-state index < -0.39 is 28.4 Å². The standard InChI is InChI=1S/C26H39F2N5O5/c1-16-18(20(34)36-8)19(30-21(29-16)37-15-25(14-31(6)7)12-26(25,27)28)32-11-17-9-10-24(5,13-32)33(17)22(35)38-23(2,3)4/h17H,9-15H2,1-8H3/t17-,24+,25-/m1/s1. The van der Waals surface area contributed by atoms with Gasteiger partial charge in [0.15, 0.2) is 5.82 Å². The number of anilines is 1. The predicted octanol–water partition coefficient (Wildman–Crippen LogP) is 3.52. The second-order valence-corrected chi connectivity index (χ2v) is 12.4. The summed E-state index contributed by atoms with van der Waals surface area (Å²) in [6, 6.07) is -0.222. The fourth-order valence-electron chi connectivity index (χ4n) is 5.80. The van der Waals surface area contributed by atoms with Crippen molar-refractivity contribution in [2.75, 3.05) is 52.3 Å². The van der Waals surface area contributed by atoms with Gasteiger partial charge in [-0.25, -0.2) is 18.4 Å². The van der Waals surface area contributed by atoms with Gasteiger partial charge >= 0.3 is 18.1 Å². The van der Waals surface area contributed by atoms with Crippen LogP contribution in [0.3, 0.4) is 0 Å². The molecule has 0 radical (unpaired) electrons. The molecular weight excluding hydrogens is 500 g/mol. The van der Waals surface area contributed by atoms with Gasteiger partial charge in [0.05, 0.1) is 29.8 Å². The van der Waals surface area contributed by atoms with Crippen molar-refractivity contribution in [3.63, 3.8) is 0 Å². The van der Waals surface area contributed by atoms with Gasteiger partial charge < -0.3 is 24.0 Å². The number of piperazine rings is 1. The van der Waals surface area contributed by atoms with Crippen molar-refractivity contribution >= 4 is 17.9 Å². The van der Waals surface area contributed by atoms with Crippen LogP contribution in [0.25, 0.3) is 0 Å². The number of rotatable bonds is 7. The van der Waals surface area contributed by atoms with E-state index in [1.54, 1.807) is 30.8 Å². The number of aryl methyl sites for hydroxylation is 1. The second-order valence-electron chi connectivity index (χ2n) is 12.4. The summed E-state index contributed by atoms with van der Waals surface area (Å²) < 4.78 is 45.0. The summed E-state index contributed by atoms with van der Waals surface area (Å²) in [6.45, 7) is 9.85. The van der Waals surface area contributed by atoms with Gasteiger partial charge in [0, 0.05) is 26.1 Å². The van der Waals surface area contributed by atoms with Crippen LogP contribution in [0.15, 0.2) is 0 Å². The highest BCUT2D eigenvalue weighted by molar-refractivity contribution is 5.96. The van der Waals surface area contributed by atoms with Crippen molar-refractivity contribution in [1.29, 1.82) is 0 Å². The summed E-state index contributed by atoms with van der Waals surface area (Å²) >= 11 is 0. The van der Waals surface area contributed by atoms with Crippen LogP contribution in [0.4, 0.5) is 19.4 Å². The first kappa shape index (κ1) is 28.3. The van der Waals surface area contributed by atoms with Gasteiger partial charge in [0.25, 0.3) is 5.92 Å². The number of nitrogens with zero attached hydrogens (tertiary/aromatic N) is 5. The summed E-state index contributed by atoms with van der Waals surface area (Å²) in [5, 5.41) is 0. The number of amides is 1. The van der Waals surface area contributed by atoms with Gasteiger partial charge in [-0.1, -0.05) is 0 Å². The van der Waals surface area contributed by atoms with Crippen LogP contribution in [-0.4, -0.2) is 102 Å². The normalized spacial score (nSPS) is 27.9. The highest BCUT2D eigenvalue weighted by Gasteiger charge is 2.71. The summed E-state index contributed by atoms with van der Waals surface area (Å²) in [6.07, 6.45) is 0.901. The number of carbonyl (C=O) groups is 2. The van der Waals surface area contributed by atoms with Gasteiger partial charge in [-0.15, -0.1) is 0 Å². The fraction of sp³-hybridized carbons (Fsp3) is 0.769. The summed E-state index contributed by atoms with van der Waals surface area (Å²) in [5.41, 5.74) is -1.97. The molecule has 3 atom stereocenters. The molecule has 3 heterocycles. The Hall–Kier alpha value is -2.76. The summed E-state index contributed by atoms with van der Waals surface area (Å²) in [4.78, 5) is 40.1. The number of methoxy groups -OCH3 is 1. The van der Waals surface area contributed by atoms with Crippen molar-refractivity contribution in [3.05, 3.63) is 11.3 Å². The zero-order valence-electron chi connectivity index (χ0n) is 23.6. The third-order valence-corrected chi connectivity index (χ3v) is 7.56. The highest BCUT2D eigenvalue weighted by atomic mass is 19.3. The Balaban J connectivity index is 1.62. The molecule has 2 aliphatic heterocycles. The average Bonchev–Trinajstić information content (AvgIpc) is 3.23. The number of esters is 1. The Morgan fingerprint density at radius 3 is 2.39 bits per heavy atom. The molecule has 38 heavy (non-hydrogen) atoms. The molecule has 2 saturated heterocycles. The smallest absolute Gasteiger partial charge is 0.411 e. The fourth-order valence-corrected chi connectivity index (χ4v) is 5.80. The van der Waals surface area contributed by atoms with Crippen molar-refractivity contribution in [2.45, 2.75) is 77.0 Å². The van der Waals surface area contributed by atoms with E-state index in [-0.39, 0.29) is 43.3 Å². The van der Waals surface area contributed by atoms with E-state index in [4.69, 9.17) is 14.2 Å². The predicted molar refractivity (Wildman–Crippen MR) is 136 cm³/mol. The molecule has 3 fully saturated rings. The van der Waals surface area contributed by atoms with Crippen LogP contribution in [0, 0.1) is 12.3 Å². The number of ether oxygens (including phenoxy) is 3. The molecular formula is C26H39F2N5O5. The molecule has 1 aromatic heterocycles. The minimum atomic E-state index is -2.83. The van der Waals surface area contributed by atoms with E-state index in [9.17, 15) is 18.4 Å². The van der Waals surface area contributed by atoms with E-state index in [0.717, 1.165) is 12.8 Å². The molecule has 1 aliphatic carbocycles. The summed E-state index contributed by atoms with van der Waals surface area (Å²) in [5.74, 6) is -3.12. The number of fused-ring (bicyclic) bond motifs is 2. The van der Waals surface area contributed by atoms with Gasteiger partial charge in [-0.2, -0.15) is 9.97 Å². The lowest BCUT2D eigenvalue weighted by Crippen LogP contribution is -2.63. The lowest BCUT2D eigenvalue weighted by Gasteiger charge is -2.47. The van der Waals surface area contributed by atoms with Crippen molar-refractivity contribution < 1.29 is 32.6 Å². The molecule has 1 amide bonds. The van der Waals surface area contributed by atoms with Gasteiger partial charge in [-0.05, 0) is 61.6 Å². The first-order valence-corrected chi connectivity index (χ1v) is 12.9. The maximum Gasteiger partial charge on any atom is 0.411 e. The van der Waals surface area contributed by atoms with Crippen molar-refractivity contribution in [1.82, 2.24) is 19.8 Å². The Morgan fingerprint density at radius 2 is 1.87 bits per heavy atom. The molecule has 3 aliphatic rings. The van der Waals surface area contributed by atoms with Crippen LogP contribution in [-0.2, 0) is 9.47 Å². The van der Waals surface area contributed by atoms with Crippen LogP contribution >= 0.6 is 0 Å². The van der Waals surface area contributed by atoms with Crippen LogP contribution in [0.5, 0.6) is 6.01 Å². The number of hydrogen-bond donors (Lipinski definition) is 0. The molecule has 0 unspecified atom stereocenters. The largest absolute Gasteiger partial charge is 0.465 e.